The molecule has 9 heteroatoms. The number of hydrogen-bond acceptors (Lipinski definition) is 6. The van der Waals surface area contributed by atoms with Gasteiger partial charge in [-0.2, -0.15) is 0 Å². The summed E-state index contributed by atoms with van der Waals surface area (Å²) in [6, 6.07) is 4.77. The first-order chi connectivity index (χ1) is 12.1. The Bertz CT molecular complexity index is 920. The Balaban J connectivity index is 2.08. The Hall–Kier alpha value is -1.97. The molecule has 0 aliphatic rings. The molecule has 0 atom stereocenters. The second-order valence-electron chi connectivity index (χ2n) is 5.83. The first kappa shape index (κ1) is 20.3. The third kappa shape index (κ3) is 4.80. The van der Waals surface area contributed by atoms with Crippen molar-refractivity contribution in [3.63, 3.8) is 0 Å². The van der Waals surface area contributed by atoms with Crippen molar-refractivity contribution in [2.75, 3.05) is 18.1 Å². The predicted octanol–water partition coefficient (Wildman–Crippen LogP) is 2.35. The van der Waals surface area contributed by atoms with Crippen molar-refractivity contribution in [1.82, 2.24) is 14.7 Å². The van der Waals surface area contributed by atoms with Crippen molar-refractivity contribution in [3.8, 4) is 0 Å². The molecule has 140 valence electrons. The molecular weight excluding hydrogens is 372 g/mol. The van der Waals surface area contributed by atoms with Crippen LogP contribution >= 0.6 is 11.8 Å². The van der Waals surface area contributed by atoms with Gasteiger partial charge in [0.1, 0.15) is 0 Å². The maximum absolute atomic E-state index is 12.2. The molecule has 0 aliphatic carbocycles. The lowest BCUT2D eigenvalue weighted by molar-refractivity contribution is -0.113. The van der Waals surface area contributed by atoms with Gasteiger partial charge in [0, 0.05) is 17.1 Å². The van der Waals surface area contributed by atoms with Crippen LogP contribution in [-0.2, 0) is 14.8 Å². The van der Waals surface area contributed by atoms with Gasteiger partial charge in [0.15, 0.2) is 5.16 Å². The highest BCUT2D eigenvalue weighted by Gasteiger charge is 2.16. The molecule has 0 bridgehead atoms. The van der Waals surface area contributed by atoms with Crippen LogP contribution in [0.1, 0.15) is 22.5 Å². The number of carbonyl (C=O) groups excluding carboxylic acids is 1. The van der Waals surface area contributed by atoms with Gasteiger partial charge in [-0.15, -0.1) is 0 Å². The fourth-order valence-electron chi connectivity index (χ4n) is 2.21. The molecule has 0 spiro atoms. The highest BCUT2D eigenvalue weighted by atomic mass is 32.2. The third-order valence-corrected chi connectivity index (χ3v) is 6.38. The van der Waals surface area contributed by atoms with Crippen LogP contribution in [0.4, 0.5) is 5.69 Å². The maximum atomic E-state index is 12.2. The molecule has 0 fully saturated rings. The molecule has 0 saturated heterocycles. The first-order valence-corrected chi connectivity index (χ1v) is 10.4. The summed E-state index contributed by atoms with van der Waals surface area (Å²) in [5, 5.41) is 3.25. The van der Waals surface area contributed by atoms with Gasteiger partial charge in [-0.25, -0.2) is 23.1 Å². The van der Waals surface area contributed by atoms with E-state index in [4.69, 9.17) is 0 Å². The van der Waals surface area contributed by atoms with E-state index in [0.29, 0.717) is 16.4 Å². The Morgan fingerprint density at radius 3 is 2.31 bits per heavy atom. The second-order valence-corrected chi connectivity index (χ2v) is 8.62. The summed E-state index contributed by atoms with van der Waals surface area (Å²) in [6.45, 7) is 7.47. The molecule has 26 heavy (non-hydrogen) atoms. The zero-order valence-electron chi connectivity index (χ0n) is 15.4. The van der Waals surface area contributed by atoms with E-state index >= 15 is 0 Å². The average molecular weight is 395 g/mol. The van der Waals surface area contributed by atoms with Crippen LogP contribution in [-0.4, -0.2) is 37.1 Å². The van der Waals surface area contributed by atoms with Crippen LogP contribution in [0, 0.1) is 27.7 Å². The van der Waals surface area contributed by atoms with E-state index in [0.717, 1.165) is 17.0 Å². The highest BCUT2D eigenvalue weighted by Crippen LogP contribution is 2.21. The summed E-state index contributed by atoms with van der Waals surface area (Å²) in [6.07, 6.45) is 0. The van der Waals surface area contributed by atoms with Gasteiger partial charge in [0.25, 0.3) is 0 Å². The summed E-state index contributed by atoms with van der Waals surface area (Å²) < 4.78 is 26.3. The minimum atomic E-state index is -3.58. The number of aromatic nitrogens is 2. The van der Waals surface area contributed by atoms with E-state index in [9.17, 15) is 13.2 Å². The average Bonchev–Trinajstić information content (AvgIpc) is 2.59. The van der Waals surface area contributed by atoms with Crippen molar-refractivity contribution < 1.29 is 13.2 Å². The van der Waals surface area contributed by atoms with Crippen molar-refractivity contribution >= 4 is 33.4 Å². The summed E-state index contributed by atoms with van der Waals surface area (Å²) in [5.41, 5.74) is 3.84. The van der Waals surface area contributed by atoms with Crippen LogP contribution in [0.15, 0.2) is 28.3 Å². The van der Waals surface area contributed by atoms with Crippen LogP contribution in [0.25, 0.3) is 0 Å². The van der Waals surface area contributed by atoms with E-state index in [1.54, 1.807) is 19.1 Å². The Morgan fingerprint density at radius 1 is 1.12 bits per heavy atom. The fraction of sp³-hybridized carbons (Fsp3) is 0.353. The quantitative estimate of drug-likeness (QED) is 0.576. The SMILES string of the molecule is CNS(=O)(=O)c1cc(NC(=O)CSc2nc(C)c(C)c(C)n2)ccc1C. The molecule has 0 radical (unpaired) electrons. The van der Waals surface area contributed by atoms with Crippen molar-refractivity contribution in [2.24, 2.45) is 0 Å². The Kier molecular flexibility index (Phi) is 6.38. The van der Waals surface area contributed by atoms with E-state index in [2.05, 4.69) is 20.0 Å². The molecule has 2 rings (SSSR count). The monoisotopic (exact) mass is 394 g/mol. The van der Waals surface area contributed by atoms with Crippen molar-refractivity contribution in [3.05, 3.63) is 40.7 Å². The van der Waals surface area contributed by atoms with E-state index in [-0.39, 0.29) is 16.6 Å². The molecule has 1 aromatic carbocycles. The lowest BCUT2D eigenvalue weighted by Gasteiger charge is -2.10. The minimum absolute atomic E-state index is 0.129. The standard InChI is InChI=1S/C17H22N4O3S2/c1-10-6-7-14(8-15(10)26(23,24)18-5)21-16(22)9-25-17-19-12(3)11(2)13(4)20-17/h6-8,18H,9H2,1-5H3,(H,21,22). The summed E-state index contributed by atoms with van der Waals surface area (Å²) in [7, 11) is -2.23. The maximum Gasteiger partial charge on any atom is 0.240 e. The Morgan fingerprint density at radius 2 is 1.73 bits per heavy atom. The first-order valence-electron chi connectivity index (χ1n) is 7.92. The van der Waals surface area contributed by atoms with Crippen molar-refractivity contribution in [1.29, 1.82) is 0 Å². The topological polar surface area (TPSA) is 101 Å². The molecule has 7 nitrogen and oxygen atoms in total. The summed E-state index contributed by atoms with van der Waals surface area (Å²) >= 11 is 1.24. The molecule has 1 amide bonds. The Labute approximate surface area is 158 Å². The molecule has 1 aromatic heterocycles. The van der Waals surface area contributed by atoms with Gasteiger partial charge >= 0.3 is 0 Å². The predicted molar refractivity (Wildman–Crippen MR) is 103 cm³/mol. The zero-order chi connectivity index (χ0) is 19.5. The highest BCUT2D eigenvalue weighted by molar-refractivity contribution is 7.99. The number of rotatable bonds is 6. The van der Waals surface area contributed by atoms with Crippen LogP contribution in [0.3, 0.4) is 0 Å². The smallest absolute Gasteiger partial charge is 0.240 e. The number of nitrogens with zero attached hydrogens (tertiary/aromatic N) is 2. The fourth-order valence-corrected chi connectivity index (χ4v) is 3.94. The zero-order valence-corrected chi connectivity index (χ0v) is 17.0. The van der Waals surface area contributed by atoms with E-state index in [1.807, 2.05) is 20.8 Å². The van der Waals surface area contributed by atoms with Crippen LogP contribution in [0.5, 0.6) is 0 Å². The normalized spacial score (nSPS) is 11.4. The molecule has 2 N–H and O–H groups in total. The van der Waals surface area contributed by atoms with Crippen LogP contribution in [0.2, 0.25) is 0 Å². The number of hydrogen-bond donors (Lipinski definition) is 2. The molecule has 0 aliphatic heterocycles. The van der Waals surface area contributed by atoms with Gasteiger partial charge in [0.05, 0.1) is 10.6 Å². The number of sulfonamides is 1. The van der Waals surface area contributed by atoms with Gasteiger partial charge < -0.3 is 5.32 Å². The molecule has 0 unspecified atom stereocenters. The number of aryl methyl sites for hydroxylation is 3. The van der Waals surface area contributed by atoms with Gasteiger partial charge in [0.2, 0.25) is 15.9 Å². The minimum Gasteiger partial charge on any atom is -0.325 e. The van der Waals surface area contributed by atoms with Gasteiger partial charge in [-0.3, -0.25) is 4.79 Å². The van der Waals surface area contributed by atoms with Gasteiger partial charge in [-0.1, -0.05) is 17.8 Å². The molecule has 1 heterocycles. The second kappa shape index (κ2) is 8.15. The van der Waals surface area contributed by atoms with E-state index in [1.165, 1.54) is 24.9 Å². The number of nitrogens with one attached hydrogen (secondary N) is 2. The lowest BCUT2D eigenvalue weighted by Crippen LogP contribution is -2.20. The molecule has 2 aromatic rings. The number of carbonyl (C=O) groups is 1. The third-order valence-electron chi connectivity index (χ3n) is 3.97. The summed E-state index contributed by atoms with van der Waals surface area (Å²) in [5.74, 6) is -0.129. The molecular formula is C17H22N4O3S2. The molecule has 0 saturated carbocycles. The van der Waals surface area contributed by atoms with Crippen molar-refractivity contribution in [2.45, 2.75) is 37.7 Å². The number of benzene rings is 1. The van der Waals surface area contributed by atoms with Crippen LogP contribution < -0.4 is 10.0 Å². The largest absolute Gasteiger partial charge is 0.325 e. The lowest BCUT2D eigenvalue weighted by atomic mass is 10.2. The van der Waals surface area contributed by atoms with E-state index < -0.39 is 10.0 Å². The number of amides is 1. The summed E-state index contributed by atoms with van der Waals surface area (Å²) in [4.78, 5) is 21.1. The number of anilines is 1. The van der Waals surface area contributed by atoms with Gasteiger partial charge in [-0.05, 0) is 58.0 Å². The number of thioether (sulfide) groups is 1.